The van der Waals surface area contributed by atoms with Gasteiger partial charge in [-0.05, 0) is 19.1 Å². The number of nitrogens with zero attached hydrogens (tertiary/aromatic N) is 2. The first-order chi connectivity index (χ1) is 9.33. The van der Waals surface area contributed by atoms with Crippen LogP contribution in [0.5, 0.6) is 0 Å². The minimum atomic E-state index is 0.566. The van der Waals surface area contributed by atoms with Crippen LogP contribution in [0.15, 0.2) is 36.4 Å². The van der Waals surface area contributed by atoms with Gasteiger partial charge in [0.25, 0.3) is 0 Å². The Bertz CT molecular complexity index is 546. The summed E-state index contributed by atoms with van der Waals surface area (Å²) in [6.07, 6.45) is 1.03. The first-order valence-corrected chi connectivity index (χ1v) is 7.12. The number of hydrogen-bond donors (Lipinski definition) is 1. The van der Waals surface area contributed by atoms with E-state index in [2.05, 4.69) is 53.5 Å². The lowest BCUT2D eigenvalue weighted by Gasteiger charge is -2.32. The summed E-state index contributed by atoms with van der Waals surface area (Å²) in [5.41, 5.74) is 2.30. The van der Waals surface area contributed by atoms with Gasteiger partial charge in [0.15, 0.2) is 0 Å². The van der Waals surface area contributed by atoms with Crippen molar-refractivity contribution in [2.24, 2.45) is 0 Å². The molecule has 3 rings (SSSR count). The molecule has 1 atom stereocenters. The number of pyridine rings is 1. The van der Waals surface area contributed by atoms with Crippen molar-refractivity contribution in [2.75, 3.05) is 26.2 Å². The average Bonchev–Trinajstić information content (AvgIpc) is 2.48. The number of rotatable bonds is 3. The fourth-order valence-electron chi connectivity index (χ4n) is 2.78. The molecule has 0 amide bonds. The Morgan fingerprint density at radius 2 is 1.95 bits per heavy atom. The molecule has 0 aliphatic carbocycles. The lowest BCUT2D eigenvalue weighted by Crippen LogP contribution is -2.48. The number of aromatic nitrogens is 1. The fourth-order valence-corrected chi connectivity index (χ4v) is 2.78. The molecular formula is C16H21N3. The minimum absolute atomic E-state index is 0.566. The summed E-state index contributed by atoms with van der Waals surface area (Å²) in [5, 5.41) is 4.62. The third-order valence-corrected chi connectivity index (χ3v) is 3.94. The molecule has 1 fully saturated rings. The molecule has 1 aromatic carbocycles. The molecule has 3 heteroatoms. The second-order valence-corrected chi connectivity index (χ2v) is 5.33. The van der Waals surface area contributed by atoms with Crippen molar-refractivity contribution in [1.82, 2.24) is 15.2 Å². The number of nitrogens with one attached hydrogen (secondary N) is 1. The Kier molecular flexibility index (Phi) is 3.76. The maximum absolute atomic E-state index is 4.77. The number of piperazine rings is 1. The van der Waals surface area contributed by atoms with Crippen LogP contribution in [0.25, 0.3) is 10.9 Å². The van der Waals surface area contributed by atoms with E-state index in [1.165, 1.54) is 11.1 Å². The van der Waals surface area contributed by atoms with E-state index in [1.807, 2.05) is 0 Å². The van der Waals surface area contributed by atoms with Gasteiger partial charge in [0.1, 0.15) is 0 Å². The summed E-state index contributed by atoms with van der Waals surface area (Å²) >= 11 is 0. The Morgan fingerprint density at radius 3 is 2.79 bits per heavy atom. The quantitative estimate of drug-likeness (QED) is 0.910. The largest absolute Gasteiger partial charge is 0.314 e. The molecule has 1 aliphatic rings. The number of benzene rings is 1. The van der Waals surface area contributed by atoms with E-state index in [1.54, 1.807) is 0 Å². The molecule has 0 bridgehead atoms. The lowest BCUT2D eigenvalue weighted by molar-refractivity contribution is 0.182. The molecule has 1 saturated heterocycles. The van der Waals surface area contributed by atoms with Crippen LogP contribution in [0.1, 0.15) is 12.6 Å². The standard InChI is InChI=1S/C16H21N3/c1-13(19-10-8-17-9-11-19)12-15-7-6-14-4-2-3-5-16(14)18-15/h2-7,13,17H,8-12H2,1H3. The molecule has 19 heavy (non-hydrogen) atoms. The van der Waals surface area contributed by atoms with E-state index < -0.39 is 0 Å². The predicted octanol–water partition coefficient (Wildman–Crippen LogP) is 2.07. The lowest BCUT2D eigenvalue weighted by atomic mass is 10.1. The van der Waals surface area contributed by atoms with Crippen LogP contribution in [0.4, 0.5) is 0 Å². The first-order valence-electron chi connectivity index (χ1n) is 7.12. The Labute approximate surface area is 114 Å². The Balaban J connectivity index is 1.73. The van der Waals surface area contributed by atoms with Crippen molar-refractivity contribution in [3.63, 3.8) is 0 Å². The average molecular weight is 255 g/mol. The number of hydrogen-bond acceptors (Lipinski definition) is 3. The van der Waals surface area contributed by atoms with Gasteiger partial charge in [-0.3, -0.25) is 9.88 Å². The van der Waals surface area contributed by atoms with E-state index in [4.69, 9.17) is 4.98 Å². The van der Waals surface area contributed by atoms with Crippen LogP contribution in [-0.4, -0.2) is 42.1 Å². The molecule has 1 N–H and O–H groups in total. The van der Waals surface area contributed by atoms with E-state index in [0.717, 1.165) is 38.1 Å². The van der Waals surface area contributed by atoms with Crippen LogP contribution in [-0.2, 0) is 6.42 Å². The van der Waals surface area contributed by atoms with Gasteiger partial charge in [-0.1, -0.05) is 24.3 Å². The van der Waals surface area contributed by atoms with Gasteiger partial charge in [0, 0.05) is 49.7 Å². The molecule has 1 aliphatic heterocycles. The molecular weight excluding hydrogens is 234 g/mol. The van der Waals surface area contributed by atoms with Gasteiger partial charge in [0.05, 0.1) is 5.52 Å². The molecule has 0 radical (unpaired) electrons. The molecule has 1 unspecified atom stereocenters. The van der Waals surface area contributed by atoms with Crippen molar-refractivity contribution < 1.29 is 0 Å². The maximum atomic E-state index is 4.77. The third-order valence-electron chi connectivity index (χ3n) is 3.94. The van der Waals surface area contributed by atoms with Crippen molar-refractivity contribution in [3.8, 4) is 0 Å². The monoisotopic (exact) mass is 255 g/mol. The van der Waals surface area contributed by atoms with Crippen LogP contribution in [0.2, 0.25) is 0 Å². The summed E-state index contributed by atoms with van der Waals surface area (Å²) in [6, 6.07) is 13.2. The molecule has 2 aromatic rings. The number of fused-ring (bicyclic) bond motifs is 1. The molecule has 1 aromatic heterocycles. The minimum Gasteiger partial charge on any atom is -0.314 e. The normalized spacial score (nSPS) is 18.6. The summed E-state index contributed by atoms with van der Waals surface area (Å²) in [6.45, 7) is 6.82. The second-order valence-electron chi connectivity index (χ2n) is 5.33. The molecule has 3 nitrogen and oxygen atoms in total. The highest BCUT2D eigenvalue weighted by molar-refractivity contribution is 5.78. The van der Waals surface area contributed by atoms with E-state index >= 15 is 0 Å². The van der Waals surface area contributed by atoms with Gasteiger partial charge < -0.3 is 5.32 Å². The van der Waals surface area contributed by atoms with Crippen LogP contribution in [0, 0.1) is 0 Å². The first kappa shape index (κ1) is 12.6. The zero-order valence-corrected chi connectivity index (χ0v) is 11.5. The van der Waals surface area contributed by atoms with E-state index in [0.29, 0.717) is 6.04 Å². The van der Waals surface area contributed by atoms with Gasteiger partial charge in [-0.25, -0.2) is 0 Å². The van der Waals surface area contributed by atoms with E-state index in [-0.39, 0.29) is 0 Å². The van der Waals surface area contributed by atoms with Crippen LogP contribution >= 0.6 is 0 Å². The van der Waals surface area contributed by atoms with Crippen molar-refractivity contribution in [3.05, 3.63) is 42.1 Å². The zero-order chi connectivity index (χ0) is 13.1. The van der Waals surface area contributed by atoms with E-state index in [9.17, 15) is 0 Å². The van der Waals surface area contributed by atoms with Gasteiger partial charge >= 0.3 is 0 Å². The third kappa shape index (κ3) is 2.94. The smallest absolute Gasteiger partial charge is 0.0705 e. The SMILES string of the molecule is CC(Cc1ccc2ccccc2n1)N1CCNCC1. The van der Waals surface area contributed by atoms with Gasteiger partial charge in [0.2, 0.25) is 0 Å². The van der Waals surface area contributed by atoms with Gasteiger partial charge in [-0.2, -0.15) is 0 Å². The Morgan fingerprint density at radius 1 is 1.16 bits per heavy atom. The van der Waals surface area contributed by atoms with Crippen molar-refractivity contribution >= 4 is 10.9 Å². The summed E-state index contributed by atoms with van der Waals surface area (Å²) in [4.78, 5) is 7.32. The Hall–Kier alpha value is -1.45. The summed E-state index contributed by atoms with van der Waals surface area (Å²) in [7, 11) is 0. The highest BCUT2D eigenvalue weighted by Gasteiger charge is 2.17. The summed E-state index contributed by atoms with van der Waals surface area (Å²) in [5.74, 6) is 0. The molecule has 100 valence electrons. The predicted molar refractivity (Wildman–Crippen MR) is 79.4 cm³/mol. The number of para-hydroxylation sites is 1. The van der Waals surface area contributed by atoms with Crippen LogP contribution in [0.3, 0.4) is 0 Å². The van der Waals surface area contributed by atoms with Crippen LogP contribution < -0.4 is 5.32 Å². The second kappa shape index (κ2) is 5.68. The molecule has 0 spiro atoms. The maximum Gasteiger partial charge on any atom is 0.0705 e. The van der Waals surface area contributed by atoms with Gasteiger partial charge in [-0.15, -0.1) is 0 Å². The molecule has 0 saturated carbocycles. The topological polar surface area (TPSA) is 28.2 Å². The highest BCUT2D eigenvalue weighted by atomic mass is 15.2. The zero-order valence-electron chi connectivity index (χ0n) is 11.5. The highest BCUT2D eigenvalue weighted by Crippen LogP contribution is 2.14. The van der Waals surface area contributed by atoms with Crippen molar-refractivity contribution in [1.29, 1.82) is 0 Å². The summed E-state index contributed by atoms with van der Waals surface area (Å²) < 4.78 is 0. The van der Waals surface area contributed by atoms with Crippen molar-refractivity contribution in [2.45, 2.75) is 19.4 Å². The fraction of sp³-hybridized carbons (Fsp3) is 0.438. The molecule has 2 heterocycles.